The molecule has 10 heteroatoms. The smallest absolute Gasteiger partial charge is 0.276 e. The summed E-state index contributed by atoms with van der Waals surface area (Å²) >= 11 is 1.44. The molecule has 0 atom stereocenters. The number of aromatic nitrogens is 3. The van der Waals surface area contributed by atoms with Gasteiger partial charge >= 0.3 is 0 Å². The molecule has 4 heterocycles. The molecule has 0 spiro atoms. The van der Waals surface area contributed by atoms with Crippen LogP contribution in [0.5, 0.6) is 11.5 Å². The predicted molar refractivity (Wildman–Crippen MR) is 136 cm³/mol. The number of nitrogens with one attached hydrogen (secondary N) is 1. The third-order valence-electron chi connectivity index (χ3n) is 6.37. The first-order chi connectivity index (χ1) is 17.5. The Hall–Kier alpha value is -4.18. The number of anilines is 2. The molecule has 0 saturated carbocycles. The number of amides is 2. The van der Waals surface area contributed by atoms with Crippen molar-refractivity contribution in [3.8, 4) is 22.8 Å². The molecule has 0 bridgehead atoms. The van der Waals surface area contributed by atoms with Crippen LogP contribution in [0.1, 0.15) is 26.5 Å². The van der Waals surface area contributed by atoms with Gasteiger partial charge in [-0.25, -0.2) is 9.97 Å². The largest absolute Gasteiger partial charge is 0.454 e. The van der Waals surface area contributed by atoms with E-state index in [1.54, 1.807) is 22.0 Å². The summed E-state index contributed by atoms with van der Waals surface area (Å²) in [6.07, 6.45) is 4.21. The normalized spacial score (nSPS) is 13.7. The first kappa shape index (κ1) is 22.3. The molecule has 0 fully saturated rings. The molecule has 2 aromatic carbocycles. The number of aryl methyl sites for hydroxylation is 2. The highest BCUT2D eigenvalue weighted by Gasteiger charge is 2.28. The van der Waals surface area contributed by atoms with Gasteiger partial charge in [0.05, 0.1) is 24.6 Å². The molecule has 2 aliphatic rings. The van der Waals surface area contributed by atoms with Crippen LogP contribution in [-0.4, -0.2) is 39.7 Å². The summed E-state index contributed by atoms with van der Waals surface area (Å²) in [6.45, 7) is 2.82. The highest BCUT2D eigenvalue weighted by Crippen LogP contribution is 2.36. The molecule has 6 rings (SSSR count). The van der Waals surface area contributed by atoms with Gasteiger partial charge in [-0.15, -0.1) is 11.3 Å². The topological polar surface area (TPSA) is 98.6 Å². The summed E-state index contributed by atoms with van der Waals surface area (Å²) in [7, 11) is 1.82. The minimum absolute atomic E-state index is 0.0567. The standard InChI is InChI=1S/C26H23N5O4S/c1-15-24(29-26(36-15)28-23(32)10-16-3-6-21-22(9-16)35-14-34-21)18-4-5-19-17(11-18)7-8-31(19)25(33)20-12-27-13-30(20)2/h3-6,9,11-13H,7-8,10,14H2,1-2H3,(H,28,29,32). The lowest BCUT2D eigenvalue weighted by Crippen LogP contribution is -2.30. The summed E-state index contributed by atoms with van der Waals surface area (Å²) in [4.78, 5) is 37.2. The number of hydrogen-bond acceptors (Lipinski definition) is 7. The number of thiazole rings is 1. The van der Waals surface area contributed by atoms with E-state index in [0.29, 0.717) is 28.9 Å². The van der Waals surface area contributed by atoms with Gasteiger partial charge in [-0.1, -0.05) is 12.1 Å². The molecule has 1 N–H and O–H groups in total. The van der Waals surface area contributed by atoms with E-state index in [-0.39, 0.29) is 25.0 Å². The fraction of sp³-hybridized carbons (Fsp3) is 0.231. The lowest BCUT2D eigenvalue weighted by Gasteiger charge is -2.17. The SMILES string of the molecule is Cc1sc(NC(=O)Cc2ccc3c(c2)OCO3)nc1-c1ccc2c(c1)CCN2C(=O)c1cncn1C. The van der Waals surface area contributed by atoms with E-state index >= 15 is 0 Å². The highest BCUT2D eigenvalue weighted by atomic mass is 32.1. The number of benzene rings is 2. The van der Waals surface area contributed by atoms with Gasteiger partial charge in [0.25, 0.3) is 5.91 Å². The van der Waals surface area contributed by atoms with Crippen molar-refractivity contribution in [2.75, 3.05) is 23.6 Å². The Morgan fingerprint density at radius 3 is 2.83 bits per heavy atom. The Bertz CT molecular complexity index is 1510. The minimum atomic E-state index is -0.146. The second kappa shape index (κ2) is 8.80. The minimum Gasteiger partial charge on any atom is -0.454 e. The molecule has 2 aromatic heterocycles. The maximum absolute atomic E-state index is 13.0. The van der Waals surface area contributed by atoms with Crippen LogP contribution in [0.15, 0.2) is 48.9 Å². The predicted octanol–water partition coefficient (Wildman–Crippen LogP) is 3.96. The molecule has 0 radical (unpaired) electrons. The van der Waals surface area contributed by atoms with Crippen LogP contribution in [0.2, 0.25) is 0 Å². The van der Waals surface area contributed by atoms with Crippen LogP contribution in [0.25, 0.3) is 11.3 Å². The monoisotopic (exact) mass is 501 g/mol. The lowest BCUT2D eigenvalue weighted by atomic mass is 10.1. The first-order valence-electron chi connectivity index (χ1n) is 11.5. The average Bonchev–Trinajstić information content (AvgIpc) is 3.64. The van der Waals surface area contributed by atoms with Gasteiger partial charge in [0, 0.05) is 29.7 Å². The Balaban J connectivity index is 1.17. The van der Waals surface area contributed by atoms with Crippen LogP contribution < -0.4 is 19.7 Å². The van der Waals surface area contributed by atoms with Crippen molar-refractivity contribution < 1.29 is 19.1 Å². The second-order valence-corrected chi connectivity index (χ2v) is 9.98. The molecule has 2 aliphatic heterocycles. The molecule has 2 amide bonds. The fourth-order valence-corrected chi connectivity index (χ4v) is 5.43. The van der Waals surface area contributed by atoms with Gasteiger partial charge in [-0.2, -0.15) is 0 Å². The first-order valence-corrected chi connectivity index (χ1v) is 12.4. The zero-order valence-corrected chi connectivity index (χ0v) is 20.6. The van der Waals surface area contributed by atoms with E-state index < -0.39 is 0 Å². The number of imidazole rings is 1. The summed E-state index contributed by atoms with van der Waals surface area (Å²) in [6, 6.07) is 11.5. The van der Waals surface area contributed by atoms with Crippen molar-refractivity contribution in [1.82, 2.24) is 14.5 Å². The number of nitrogens with zero attached hydrogens (tertiary/aromatic N) is 4. The van der Waals surface area contributed by atoms with Gasteiger partial charge in [0.15, 0.2) is 16.6 Å². The Morgan fingerprint density at radius 1 is 1.14 bits per heavy atom. The van der Waals surface area contributed by atoms with Crippen LogP contribution in [0.3, 0.4) is 0 Å². The number of hydrogen-bond donors (Lipinski definition) is 1. The molecular formula is C26H23N5O4S. The quantitative estimate of drug-likeness (QED) is 0.445. The number of rotatable bonds is 5. The molecular weight excluding hydrogens is 478 g/mol. The maximum atomic E-state index is 13.0. The Kier molecular flexibility index (Phi) is 5.45. The van der Waals surface area contributed by atoms with E-state index in [1.165, 1.54) is 11.3 Å². The number of carbonyl (C=O) groups is 2. The number of fused-ring (bicyclic) bond motifs is 2. The Morgan fingerprint density at radius 2 is 2.00 bits per heavy atom. The van der Waals surface area contributed by atoms with Crippen LogP contribution in [0.4, 0.5) is 10.8 Å². The third-order valence-corrected chi connectivity index (χ3v) is 7.26. The molecule has 9 nitrogen and oxygen atoms in total. The van der Waals surface area contributed by atoms with Gasteiger partial charge < -0.3 is 24.3 Å². The summed E-state index contributed by atoms with van der Waals surface area (Å²) in [5.41, 5.74) is 5.21. The van der Waals surface area contributed by atoms with E-state index in [1.807, 2.05) is 44.3 Å². The van der Waals surface area contributed by atoms with Crippen molar-refractivity contribution in [2.45, 2.75) is 19.8 Å². The zero-order valence-electron chi connectivity index (χ0n) is 19.8. The molecule has 0 aliphatic carbocycles. The van der Waals surface area contributed by atoms with Crippen molar-refractivity contribution >= 4 is 34.0 Å². The number of ether oxygens (including phenoxy) is 2. The van der Waals surface area contributed by atoms with Crippen molar-refractivity contribution in [3.63, 3.8) is 0 Å². The van der Waals surface area contributed by atoms with Crippen molar-refractivity contribution in [3.05, 3.63) is 70.6 Å². The van der Waals surface area contributed by atoms with E-state index in [0.717, 1.165) is 39.4 Å². The number of carbonyl (C=O) groups excluding carboxylic acids is 2. The van der Waals surface area contributed by atoms with Crippen LogP contribution in [0, 0.1) is 6.92 Å². The van der Waals surface area contributed by atoms with Crippen LogP contribution >= 0.6 is 11.3 Å². The fourth-order valence-electron chi connectivity index (χ4n) is 4.58. The van der Waals surface area contributed by atoms with Gasteiger partial charge in [-0.3, -0.25) is 9.59 Å². The summed E-state index contributed by atoms with van der Waals surface area (Å²) in [5, 5.41) is 3.48. The molecule has 0 saturated heterocycles. The van der Waals surface area contributed by atoms with Crippen molar-refractivity contribution in [2.24, 2.45) is 7.05 Å². The highest BCUT2D eigenvalue weighted by molar-refractivity contribution is 7.16. The lowest BCUT2D eigenvalue weighted by molar-refractivity contribution is -0.115. The maximum Gasteiger partial charge on any atom is 0.276 e. The second-order valence-electron chi connectivity index (χ2n) is 8.78. The molecule has 4 aromatic rings. The summed E-state index contributed by atoms with van der Waals surface area (Å²) in [5.74, 6) is 1.15. The molecule has 182 valence electrons. The zero-order chi connectivity index (χ0) is 24.8. The van der Waals surface area contributed by atoms with Crippen molar-refractivity contribution in [1.29, 1.82) is 0 Å². The van der Waals surface area contributed by atoms with Gasteiger partial charge in [0.1, 0.15) is 5.69 Å². The molecule has 36 heavy (non-hydrogen) atoms. The average molecular weight is 502 g/mol. The van der Waals surface area contributed by atoms with E-state index in [4.69, 9.17) is 14.5 Å². The van der Waals surface area contributed by atoms with Gasteiger partial charge in [-0.05, 0) is 48.7 Å². The Labute approximate surface area is 211 Å². The van der Waals surface area contributed by atoms with Crippen LogP contribution in [-0.2, 0) is 24.7 Å². The third kappa shape index (κ3) is 3.99. The van der Waals surface area contributed by atoms with E-state index in [9.17, 15) is 9.59 Å². The van der Waals surface area contributed by atoms with Gasteiger partial charge in [0.2, 0.25) is 12.7 Å². The molecule has 0 unspecified atom stereocenters. The summed E-state index contributed by atoms with van der Waals surface area (Å²) < 4.78 is 12.4. The van der Waals surface area contributed by atoms with E-state index in [2.05, 4.69) is 16.4 Å².